The smallest absolute Gasteiger partial charge is 0.372 e. The second kappa shape index (κ2) is 4.43. The molecule has 1 atom stereocenters. The fourth-order valence-electron chi connectivity index (χ4n) is 0.581. The highest BCUT2D eigenvalue weighted by molar-refractivity contribution is 5.73. The maximum atomic E-state index is 10.2. The quantitative estimate of drug-likeness (QED) is 0.409. The number of carboxylic acid groups (broad SMARTS) is 2. The van der Waals surface area contributed by atoms with E-state index in [1.54, 1.807) is 0 Å². The minimum atomic E-state index is -1.08. The lowest BCUT2D eigenvalue weighted by atomic mass is 10.2. The van der Waals surface area contributed by atoms with Gasteiger partial charge in [0.1, 0.15) is 6.72 Å². The van der Waals surface area contributed by atoms with Crippen LogP contribution in [0.25, 0.3) is 0 Å². The minimum absolute atomic E-state index is 0.0498. The first-order valence-electron chi connectivity index (χ1n) is 3.05. The van der Waals surface area contributed by atoms with Crippen LogP contribution in [0.5, 0.6) is 0 Å². The van der Waals surface area contributed by atoms with E-state index in [1.807, 2.05) is 0 Å². The molecule has 0 aliphatic carbocycles. The summed E-state index contributed by atoms with van der Waals surface area (Å²) in [6, 6.07) is -0.869. The summed E-state index contributed by atoms with van der Waals surface area (Å²) in [5, 5.41) is 16.6. The van der Waals surface area contributed by atoms with Crippen molar-refractivity contribution in [3.63, 3.8) is 0 Å². The zero-order valence-corrected chi connectivity index (χ0v) is 5.91. The molecule has 0 radical (unpaired) electrons. The molecule has 0 aromatic heterocycles. The maximum Gasteiger partial charge on any atom is 0.372 e. The first-order valence-corrected chi connectivity index (χ1v) is 3.05. The van der Waals surface area contributed by atoms with Gasteiger partial charge in [-0.05, 0) is 0 Å². The lowest BCUT2D eigenvalue weighted by molar-refractivity contribution is -0.482. The van der Waals surface area contributed by atoms with Crippen molar-refractivity contribution in [2.75, 3.05) is 0 Å². The third-order valence-corrected chi connectivity index (χ3v) is 1.19. The van der Waals surface area contributed by atoms with E-state index in [0.29, 0.717) is 0 Å². The van der Waals surface area contributed by atoms with Crippen LogP contribution in [0, 0.1) is 0 Å². The summed E-state index contributed by atoms with van der Waals surface area (Å²) in [5.74, 6) is -2.09. The molecule has 0 heterocycles. The molecular formula is C6H10NO4+. The average molecular weight is 160 g/mol. The van der Waals surface area contributed by atoms with E-state index >= 15 is 0 Å². The van der Waals surface area contributed by atoms with Gasteiger partial charge in [-0.25, -0.2) is 9.79 Å². The van der Waals surface area contributed by atoms with Gasteiger partial charge in [0.05, 0.1) is 6.42 Å². The molecule has 0 bridgehead atoms. The number of carboxylic acids is 2. The van der Waals surface area contributed by atoms with Crippen molar-refractivity contribution in [3.05, 3.63) is 0 Å². The van der Waals surface area contributed by atoms with Crippen LogP contribution in [0.3, 0.4) is 0 Å². The van der Waals surface area contributed by atoms with Gasteiger partial charge in [-0.1, -0.05) is 0 Å². The van der Waals surface area contributed by atoms with Gasteiger partial charge >= 0.3 is 11.9 Å². The van der Waals surface area contributed by atoms with Crippen molar-refractivity contribution in [1.29, 1.82) is 0 Å². The molecule has 62 valence electrons. The van der Waals surface area contributed by atoms with E-state index in [-0.39, 0.29) is 12.8 Å². The van der Waals surface area contributed by atoms with E-state index in [0.717, 1.165) is 0 Å². The van der Waals surface area contributed by atoms with Crippen molar-refractivity contribution in [1.82, 2.24) is 0 Å². The Kier molecular flexibility index (Phi) is 3.87. The lowest BCUT2D eigenvalue weighted by Crippen LogP contribution is -2.76. The Labute approximate surface area is 63.4 Å². The van der Waals surface area contributed by atoms with Crippen LogP contribution < -0.4 is 4.99 Å². The van der Waals surface area contributed by atoms with Crippen LogP contribution >= 0.6 is 0 Å². The molecular weight excluding hydrogens is 150 g/mol. The third-order valence-electron chi connectivity index (χ3n) is 1.19. The standard InChI is InChI=1S/C6H9NO4/c1-7-4(6(10)11)2-3-5(8)9/h4H,1-3H2,(H,8,9)(H,10,11)/p+1. The Morgan fingerprint density at radius 3 is 2.27 bits per heavy atom. The van der Waals surface area contributed by atoms with Gasteiger partial charge in [-0.15, -0.1) is 0 Å². The summed E-state index contributed by atoms with van der Waals surface area (Å²) in [7, 11) is 0. The highest BCUT2D eigenvalue weighted by Crippen LogP contribution is 1.92. The number of nitrogens with one attached hydrogen (secondary N) is 1. The number of rotatable bonds is 5. The molecule has 0 aliphatic rings. The van der Waals surface area contributed by atoms with Gasteiger partial charge in [-0.2, -0.15) is 0 Å². The minimum Gasteiger partial charge on any atom is -0.481 e. The highest BCUT2D eigenvalue weighted by Gasteiger charge is 2.20. The molecule has 0 aromatic rings. The van der Waals surface area contributed by atoms with Gasteiger partial charge < -0.3 is 10.2 Å². The topological polar surface area (TPSA) is 88.6 Å². The van der Waals surface area contributed by atoms with Gasteiger partial charge in [-0.3, -0.25) is 4.79 Å². The summed E-state index contributed by atoms with van der Waals surface area (Å²) in [5.41, 5.74) is 0. The molecule has 5 nitrogen and oxygen atoms in total. The number of hydrogen-bond acceptors (Lipinski definition) is 2. The fourth-order valence-corrected chi connectivity index (χ4v) is 0.581. The van der Waals surface area contributed by atoms with E-state index in [1.165, 1.54) is 0 Å². The van der Waals surface area contributed by atoms with Crippen LogP contribution in [0.2, 0.25) is 0 Å². The van der Waals surface area contributed by atoms with Crippen LogP contribution in [-0.4, -0.2) is 34.9 Å². The molecule has 0 aliphatic heterocycles. The molecule has 0 saturated heterocycles. The Hall–Kier alpha value is -1.39. The normalized spacial score (nSPS) is 12.0. The molecule has 5 heteroatoms. The van der Waals surface area contributed by atoms with Crippen molar-refractivity contribution < 1.29 is 24.8 Å². The van der Waals surface area contributed by atoms with Crippen molar-refractivity contribution in [2.24, 2.45) is 0 Å². The summed E-state index contributed by atoms with van der Waals surface area (Å²) < 4.78 is 0. The molecule has 3 N–H and O–H groups in total. The molecule has 0 amide bonds. The van der Waals surface area contributed by atoms with Gasteiger partial charge in [0.2, 0.25) is 6.04 Å². The highest BCUT2D eigenvalue weighted by atomic mass is 16.4. The molecule has 1 unspecified atom stereocenters. The van der Waals surface area contributed by atoms with Crippen molar-refractivity contribution in [2.45, 2.75) is 18.9 Å². The molecule has 0 rings (SSSR count). The van der Waals surface area contributed by atoms with Gasteiger partial charge in [0.25, 0.3) is 0 Å². The number of hydrogen-bond donors (Lipinski definition) is 3. The third kappa shape index (κ3) is 4.07. The average Bonchev–Trinajstić information content (AvgIpc) is 1.87. The predicted octanol–water partition coefficient (Wildman–Crippen LogP) is -1.91. The Morgan fingerprint density at radius 1 is 1.45 bits per heavy atom. The molecule has 11 heavy (non-hydrogen) atoms. The predicted molar refractivity (Wildman–Crippen MR) is 36.4 cm³/mol. The van der Waals surface area contributed by atoms with Gasteiger partial charge in [0, 0.05) is 6.42 Å². The summed E-state index contributed by atoms with van der Waals surface area (Å²) in [4.78, 5) is 22.5. The fraction of sp³-hybridized carbons (Fsp3) is 0.500. The van der Waals surface area contributed by atoms with Gasteiger partial charge in [0.15, 0.2) is 0 Å². The maximum absolute atomic E-state index is 10.2. The van der Waals surface area contributed by atoms with Crippen molar-refractivity contribution >= 4 is 18.7 Å². The summed E-state index contributed by atoms with van der Waals surface area (Å²) in [6.07, 6.45) is -0.117. The number of aliphatic carboxylic acids is 2. The Morgan fingerprint density at radius 2 is 2.00 bits per heavy atom. The first-order chi connectivity index (χ1) is 5.07. The number of carbonyl (C=O) groups is 2. The van der Waals surface area contributed by atoms with Crippen LogP contribution in [0.4, 0.5) is 0 Å². The van der Waals surface area contributed by atoms with E-state index in [2.05, 4.69) is 11.7 Å². The monoisotopic (exact) mass is 160 g/mol. The molecule has 0 saturated carbocycles. The molecule has 0 spiro atoms. The SMILES string of the molecule is C=[NH+]C(CCC(=O)O)C(=O)O. The van der Waals surface area contributed by atoms with Crippen LogP contribution in [-0.2, 0) is 9.59 Å². The molecule has 0 aromatic carbocycles. The first kappa shape index (κ1) is 9.61. The van der Waals surface area contributed by atoms with E-state index in [9.17, 15) is 9.59 Å². The van der Waals surface area contributed by atoms with Crippen LogP contribution in [0.15, 0.2) is 0 Å². The Balaban J connectivity index is 3.79. The second-order valence-electron chi connectivity index (χ2n) is 2.03. The summed E-state index contributed by atoms with van der Waals surface area (Å²) in [6.45, 7) is 3.16. The van der Waals surface area contributed by atoms with E-state index < -0.39 is 18.0 Å². The zero-order chi connectivity index (χ0) is 8.85. The second-order valence-corrected chi connectivity index (χ2v) is 2.03. The van der Waals surface area contributed by atoms with Crippen molar-refractivity contribution in [3.8, 4) is 0 Å². The van der Waals surface area contributed by atoms with Crippen LogP contribution in [0.1, 0.15) is 12.8 Å². The van der Waals surface area contributed by atoms with E-state index in [4.69, 9.17) is 10.2 Å². The Bertz CT molecular complexity index is 177. The zero-order valence-electron chi connectivity index (χ0n) is 5.91. The summed E-state index contributed by atoms with van der Waals surface area (Å²) >= 11 is 0. The molecule has 0 fully saturated rings. The lowest BCUT2D eigenvalue weighted by Gasteiger charge is -1.97. The largest absolute Gasteiger partial charge is 0.481 e.